The number of fused-ring (bicyclic) bond motifs is 1. The van der Waals surface area contributed by atoms with Crippen molar-refractivity contribution in [3.05, 3.63) is 59.2 Å². The predicted octanol–water partition coefficient (Wildman–Crippen LogP) is 3.41. The maximum absolute atomic E-state index is 12.5. The van der Waals surface area contributed by atoms with Crippen LogP contribution in [0.5, 0.6) is 0 Å². The minimum Gasteiger partial charge on any atom is -0.462 e. The fourth-order valence-electron chi connectivity index (χ4n) is 3.07. The van der Waals surface area contributed by atoms with Gasteiger partial charge in [0.15, 0.2) is 0 Å². The summed E-state index contributed by atoms with van der Waals surface area (Å²) in [6, 6.07) is 11.9. The Morgan fingerprint density at radius 2 is 1.78 bits per heavy atom. The number of carbonyl (C=O) groups is 3. The number of esters is 1. The van der Waals surface area contributed by atoms with E-state index in [1.54, 1.807) is 43.1 Å². The highest BCUT2D eigenvalue weighted by atomic mass is 16.5. The Kier molecular flexibility index (Phi) is 5.54. The second-order valence-electron chi connectivity index (χ2n) is 6.40. The van der Waals surface area contributed by atoms with Crippen molar-refractivity contribution < 1.29 is 19.1 Å². The number of amides is 2. The molecule has 3 rings (SSSR count). The molecule has 1 N–H and O–H groups in total. The van der Waals surface area contributed by atoms with Gasteiger partial charge in [-0.3, -0.25) is 9.59 Å². The number of ether oxygens (including phenoxy) is 1. The minimum atomic E-state index is -0.414. The number of carbonyl (C=O) groups excluding carboxylic acids is 3. The molecular formula is C21H22N2O4. The molecule has 1 aliphatic heterocycles. The summed E-state index contributed by atoms with van der Waals surface area (Å²) >= 11 is 0. The highest BCUT2D eigenvalue weighted by Crippen LogP contribution is 2.29. The Hall–Kier alpha value is -3.15. The van der Waals surface area contributed by atoms with E-state index >= 15 is 0 Å². The Morgan fingerprint density at radius 1 is 1.07 bits per heavy atom. The largest absolute Gasteiger partial charge is 0.462 e. The number of nitrogens with one attached hydrogen (secondary N) is 1. The molecule has 27 heavy (non-hydrogen) atoms. The summed E-state index contributed by atoms with van der Waals surface area (Å²) in [6.45, 7) is 2.04. The summed E-state index contributed by atoms with van der Waals surface area (Å²) in [5.74, 6) is -0.623. The highest BCUT2D eigenvalue weighted by Gasteiger charge is 2.19. The molecule has 2 aromatic carbocycles. The van der Waals surface area contributed by atoms with Gasteiger partial charge in [-0.25, -0.2) is 4.79 Å². The molecule has 0 fully saturated rings. The maximum atomic E-state index is 12.5. The normalized spacial score (nSPS) is 13.6. The number of benzene rings is 2. The molecule has 0 saturated carbocycles. The molecule has 0 aliphatic carbocycles. The molecule has 0 unspecified atom stereocenters. The van der Waals surface area contributed by atoms with Crippen LogP contribution >= 0.6 is 0 Å². The number of hydrogen-bond donors (Lipinski definition) is 1. The first kappa shape index (κ1) is 18.6. The molecule has 2 aromatic rings. The SMILES string of the molecule is CCOC(=O)c1ccc(C(=O)Nc2ccc3c(c2)N(C)C(=O)CCC3)cc1. The third kappa shape index (κ3) is 4.16. The molecule has 2 amide bonds. The first-order valence-electron chi connectivity index (χ1n) is 8.97. The first-order chi connectivity index (χ1) is 13.0. The average Bonchev–Trinajstić information content (AvgIpc) is 2.81. The smallest absolute Gasteiger partial charge is 0.338 e. The molecule has 0 spiro atoms. The zero-order valence-corrected chi connectivity index (χ0v) is 15.5. The highest BCUT2D eigenvalue weighted by molar-refractivity contribution is 6.05. The van der Waals surface area contributed by atoms with Gasteiger partial charge in [-0.15, -0.1) is 0 Å². The first-order valence-corrected chi connectivity index (χ1v) is 8.97. The van der Waals surface area contributed by atoms with E-state index in [2.05, 4.69) is 5.32 Å². The average molecular weight is 366 g/mol. The summed E-state index contributed by atoms with van der Waals surface area (Å²) in [7, 11) is 1.76. The van der Waals surface area contributed by atoms with Gasteiger partial charge in [0.2, 0.25) is 5.91 Å². The van der Waals surface area contributed by atoms with E-state index in [0.717, 1.165) is 24.1 Å². The van der Waals surface area contributed by atoms with Crippen LogP contribution in [0.2, 0.25) is 0 Å². The lowest BCUT2D eigenvalue weighted by Crippen LogP contribution is -2.25. The second-order valence-corrected chi connectivity index (χ2v) is 6.40. The summed E-state index contributed by atoms with van der Waals surface area (Å²) in [4.78, 5) is 37.9. The van der Waals surface area contributed by atoms with Crippen LogP contribution in [0.4, 0.5) is 11.4 Å². The van der Waals surface area contributed by atoms with E-state index in [1.165, 1.54) is 0 Å². The second kappa shape index (κ2) is 8.03. The molecule has 0 saturated heterocycles. The number of hydrogen-bond acceptors (Lipinski definition) is 4. The number of anilines is 2. The van der Waals surface area contributed by atoms with Crippen molar-refractivity contribution in [1.82, 2.24) is 0 Å². The Balaban J connectivity index is 1.75. The van der Waals surface area contributed by atoms with E-state index in [1.807, 2.05) is 18.2 Å². The summed E-state index contributed by atoms with van der Waals surface area (Å²) in [5, 5.41) is 2.84. The van der Waals surface area contributed by atoms with Crippen molar-refractivity contribution in [2.24, 2.45) is 0 Å². The maximum Gasteiger partial charge on any atom is 0.338 e. The van der Waals surface area contributed by atoms with E-state index in [-0.39, 0.29) is 11.8 Å². The van der Waals surface area contributed by atoms with E-state index in [0.29, 0.717) is 29.8 Å². The van der Waals surface area contributed by atoms with Crippen molar-refractivity contribution >= 4 is 29.2 Å². The topological polar surface area (TPSA) is 75.7 Å². The fraction of sp³-hybridized carbons (Fsp3) is 0.286. The summed E-state index contributed by atoms with van der Waals surface area (Å²) in [5.41, 5.74) is 3.38. The molecule has 1 heterocycles. The van der Waals surface area contributed by atoms with Gasteiger partial charge in [0.05, 0.1) is 12.2 Å². The van der Waals surface area contributed by atoms with Crippen LogP contribution in [0, 0.1) is 0 Å². The zero-order valence-electron chi connectivity index (χ0n) is 15.5. The van der Waals surface area contributed by atoms with Crippen molar-refractivity contribution in [3.8, 4) is 0 Å². The molecule has 0 bridgehead atoms. The van der Waals surface area contributed by atoms with Crippen LogP contribution in [-0.2, 0) is 16.0 Å². The van der Waals surface area contributed by atoms with E-state index < -0.39 is 5.97 Å². The van der Waals surface area contributed by atoms with Gasteiger partial charge in [-0.05, 0) is 61.7 Å². The van der Waals surface area contributed by atoms with Gasteiger partial charge >= 0.3 is 5.97 Å². The van der Waals surface area contributed by atoms with Crippen molar-refractivity contribution in [1.29, 1.82) is 0 Å². The van der Waals surface area contributed by atoms with Gasteiger partial charge < -0.3 is 15.0 Å². The number of rotatable bonds is 4. The van der Waals surface area contributed by atoms with Crippen molar-refractivity contribution in [2.45, 2.75) is 26.2 Å². The van der Waals surface area contributed by atoms with Gasteiger partial charge in [-0.1, -0.05) is 6.07 Å². The molecule has 1 aliphatic rings. The van der Waals surface area contributed by atoms with Crippen LogP contribution in [0.25, 0.3) is 0 Å². The lowest BCUT2D eigenvalue weighted by Gasteiger charge is -2.18. The van der Waals surface area contributed by atoms with Crippen LogP contribution in [0.15, 0.2) is 42.5 Å². The Morgan fingerprint density at radius 3 is 2.48 bits per heavy atom. The van der Waals surface area contributed by atoms with E-state index in [4.69, 9.17) is 4.74 Å². The third-order valence-corrected chi connectivity index (χ3v) is 4.57. The van der Waals surface area contributed by atoms with Gasteiger partial charge in [0, 0.05) is 30.4 Å². The van der Waals surface area contributed by atoms with E-state index in [9.17, 15) is 14.4 Å². The van der Waals surface area contributed by atoms with Crippen molar-refractivity contribution in [2.75, 3.05) is 23.9 Å². The monoisotopic (exact) mass is 366 g/mol. The molecule has 6 heteroatoms. The third-order valence-electron chi connectivity index (χ3n) is 4.57. The van der Waals surface area contributed by atoms with Gasteiger partial charge in [0.1, 0.15) is 0 Å². The summed E-state index contributed by atoms with van der Waals surface area (Å²) in [6.07, 6.45) is 2.20. The lowest BCUT2D eigenvalue weighted by atomic mass is 10.1. The number of nitrogens with zero attached hydrogens (tertiary/aromatic N) is 1. The fourth-order valence-corrected chi connectivity index (χ4v) is 3.07. The molecule has 0 atom stereocenters. The van der Waals surface area contributed by atoms with Crippen LogP contribution in [0.3, 0.4) is 0 Å². The lowest BCUT2D eigenvalue weighted by molar-refractivity contribution is -0.118. The standard InChI is InChI=1S/C21H22N2O4/c1-3-27-21(26)16-9-7-15(8-10-16)20(25)22-17-12-11-14-5-4-6-19(24)23(2)18(14)13-17/h7-13H,3-6H2,1-2H3,(H,22,25). The molecule has 6 nitrogen and oxygen atoms in total. The van der Waals surface area contributed by atoms with Crippen molar-refractivity contribution in [3.63, 3.8) is 0 Å². The molecule has 0 radical (unpaired) electrons. The quantitative estimate of drug-likeness (QED) is 0.842. The van der Waals surface area contributed by atoms with Gasteiger partial charge in [-0.2, -0.15) is 0 Å². The minimum absolute atomic E-state index is 0.0757. The zero-order chi connectivity index (χ0) is 19.4. The van der Waals surface area contributed by atoms with Gasteiger partial charge in [0.25, 0.3) is 5.91 Å². The molecule has 140 valence electrons. The molecular weight excluding hydrogens is 344 g/mol. The Bertz CT molecular complexity index is 874. The Labute approximate surface area is 158 Å². The van der Waals surface area contributed by atoms with Crippen LogP contribution in [0.1, 0.15) is 46.0 Å². The molecule has 0 aromatic heterocycles. The van der Waals surface area contributed by atoms with Crippen LogP contribution in [-0.4, -0.2) is 31.4 Å². The van der Waals surface area contributed by atoms with Crippen LogP contribution < -0.4 is 10.2 Å². The predicted molar refractivity (Wildman–Crippen MR) is 103 cm³/mol. The summed E-state index contributed by atoms with van der Waals surface area (Å²) < 4.78 is 4.93. The number of aryl methyl sites for hydroxylation is 1.